The Morgan fingerprint density at radius 2 is 1.58 bits per heavy atom. The minimum absolute atomic E-state index is 0.0878. The predicted molar refractivity (Wildman–Crippen MR) is 84.0 cm³/mol. The van der Waals surface area contributed by atoms with Crippen molar-refractivity contribution >= 4 is 23.4 Å². The molecule has 126 valence electrons. The van der Waals surface area contributed by atoms with Crippen LogP contribution in [0.2, 0.25) is 5.02 Å². The first-order valence-electron chi connectivity index (χ1n) is 7.33. The maximum Gasteiger partial charge on any atom is 0.270 e. The molecule has 2 heterocycles. The summed E-state index contributed by atoms with van der Waals surface area (Å²) in [4.78, 5) is 30.5. The van der Waals surface area contributed by atoms with E-state index in [1.54, 1.807) is 11.0 Å². The zero-order valence-corrected chi connectivity index (χ0v) is 13.3. The average molecular weight is 354 g/mol. The molecule has 1 aliphatic rings. The quantitative estimate of drug-likeness (QED) is 0.902. The second-order valence-electron chi connectivity index (χ2n) is 5.44. The molecule has 1 fully saturated rings. The molecule has 0 spiro atoms. The highest BCUT2D eigenvalue weighted by Gasteiger charge is 2.26. The van der Waals surface area contributed by atoms with Gasteiger partial charge in [-0.25, -0.2) is 8.78 Å². The van der Waals surface area contributed by atoms with Crippen LogP contribution in [0.1, 0.15) is 20.8 Å². The Morgan fingerprint density at radius 3 is 2.12 bits per heavy atom. The van der Waals surface area contributed by atoms with Crippen molar-refractivity contribution < 1.29 is 18.4 Å². The zero-order chi connectivity index (χ0) is 17.3. The standard InChI is InChI=1S/C16H14ClF2N3O2/c17-11-8-14(20-9-11)16(24)22-5-3-21(4-6-22)15(23)10-1-2-12(18)13(19)7-10/h1-2,7-9,20H,3-6H2. The largest absolute Gasteiger partial charge is 0.356 e. The van der Waals surface area contributed by atoms with Gasteiger partial charge in [-0.1, -0.05) is 11.6 Å². The van der Waals surface area contributed by atoms with Crippen molar-refractivity contribution in [3.63, 3.8) is 0 Å². The number of carbonyl (C=O) groups excluding carboxylic acids is 2. The number of carbonyl (C=O) groups is 2. The van der Waals surface area contributed by atoms with Crippen molar-refractivity contribution in [2.75, 3.05) is 26.2 Å². The van der Waals surface area contributed by atoms with Crippen LogP contribution in [-0.2, 0) is 0 Å². The van der Waals surface area contributed by atoms with Crippen molar-refractivity contribution in [1.82, 2.24) is 14.8 Å². The number of piperazine rings is 1. The molecule has 1 N–H and O–H groups in total. The molecule has 24 heavy (non-hydrogen) atoms. The molecule has 0 radical (unpaired) electrons. The fourth-order valence-electron chi connectivity index (χ4n) is 2.59. The van der Waals surface area contributed by atoms with Crippen LogP contribution in [0.15, 0.2) is 30.5 Å². The highest BCUT2D eigenvalue weighted by atomic mass is 35.5. The zero-order valence-electron chi connectivity index (χ0n) is 12.6. The summed E-state index contributed by atoms with van der Waals surface area (Å²) in [5, 5.41) is 0.450. The van der Waals surface area contributed by atoms with Gasteiger partial charge in [0.1, 0.15) is 5.69 Å². The lowest BCUT2D eigenvalue weighted by molar-refractivity contribution is 0.0532. The second kappa shape index (κ2) is 6.60. The summed E-state index contributed by atoms with van der Waals surface area (Å²) in [5.41, 5.74) is 0.477. The van der Waals surface area contributed by atoms with Crippen molar-refractivity contribution in [3.8, 4) is 0 Å². The van der Waals surface area contributed by atoms with Gasteiger partial charge in [0.25, 0.3) is 11.8 Å². The number of hydrogen-bond acceptors (Lipinski definition) is 2. The number of nitrogens with zero attached hydrogens (tertiary/aromatic N) is 2. The summed E-state index contributed by atoms with van der Waals surface area (Å²) in [7, 11) is 0. The SMILES string of the molecule is O=C(c1ccc(F)c(F)c1)N1CCN(C(=O)c2cc(Cl)c[nH]2)CC1. The third-order valence-electron chi connectivity index (χ3n) is 3.90. The number of hydrogen-bond donors (Lipinski definition) is 1. The van der Waals surface area contributed by atoms with E-state index in [0.29, 0.717) is 36.9 Å². The minimum atomic E-state index is -1.06. The van der Waals surface area contributed by atoms with Crippen LogP contribution in [0.4, 0.5) is 8.78 Å². The van der Waals surface area contributed by atoms with E-state index in [9.17, 15) is 18.4 Å². The monoisotopic (exact) mass is 353 g/mol. The van der Waals surface area contributed by atoms with E-state index in [1.807, 2.05) is 0 Å². The summed E-state index contributed by atoms with van der Waals surface area (Å²) in [6.07, 6.45) is 1.53. The summed E-state index contributed by atoms with van der Waals surface area (Å²) < 4.78 is 26.2. The molecule has 0 aliphatic carbocycles. The molecule has 1 aliphatic heterocycles. The van der Waals surface area contributed by atoms with Gasteiger partial charge in [-0.3, -0.25) is 9.59 Å². The van der Waals surface area contributed by atoms with Gasteiger partial charge in [0.05, 0.1) is 5.02 Å². The Balaban J connectivity index is 1.63. The normalized spacial score (nSPS) is 14.8. The topological polar surface area (TPSA) is 56.4 Å². The number of aromatic amines is 1. The second-order valence-corrected chi connectivity index (χ2v) is 5.88. The number of nitrogens with one attached hydrogen (secondary N) is 1. The smallest absolute Gasteiger partial charge is 0.270 e. The molecule has 0 unspecified atom stereocenters. The van der Waals surface area contributed by atoms with E-state index in [-0.39, 0.29) is 17.4 Å². The molecule has 1 aromatic heterocycles. The maximum absolute atomic E-state index is 13.3. The van der Waals surface area contributed by atoms with Crippen molar-refractivity contribution in [2.45, 2.75) is 0 Å². The van der Waals surface area contributed by atoms with Crippen molar-refractivity contribution in [1.29, 1.82) is 0 Å². The number of amides is 2. The summed E-state index contributed by atoms with van der Waals surface area (Å²) in [6, 6.07) is 4.61. The first kappa shape index (κ1) is 16.4. The van der Waals surface area contributed by atoms with Gasteiger partial charge < -0.3 is 14.8 Å². The molecule has 1 aromatic carbocycles. The van der Waals surface area contributed by atoms with E-state index in [0.717, 1.165) is 12.1 Å². The molecule has 5 nitrogen and oxygen atoms in total. The number of aromatic nitrogens is 1. The molecule has 0 atom stereocenters. The van der Waals surface area contributed by atoms with Crippen LogP contribution in [0.25, 0.3) is 0 Å². The third-order valence-corrected chi connectivity index (χ3v) is 4.12. The molecule has 3 rings (SSSR count). The first-order chi connectivity index (χ1) is 11.5. The molecule has 0 bridgehead atoms. The van der Waals surface area contributed by atoms with Gasteiger partial charge >= 0.3 is 0 Å². The molecule has 2 amide bonds. The van der Waals surface area contributed by atoms with Crippen LogP contribution in [0.5, 0.6) is 0 Å². The average Bonchev–Trinajstić information content (AvgIpc) is 3.02. The maximum atomic E-state index is 13.3. The van der Waals surface area contributed by atoms with Gasteiger partial charge in [-0.2, -0.15) is 0 Å². The van der Waals surface area contributed by atoms with Crippen molar-refractivity contribution in [2.24, 2.45) is 0 Å². The molecule has 0 saturated carbocycles. The Hall–Kier alpha value is -2.41. The van der Waals surface area contributed by atoms with Crippen LogP contribution < -0.4 is 0 Å². The highest BCUT2D eigenvalue weighted by molar-refractivity contribution is 6.30. The fourth-order valence-corrected chi connectivity index (χ4v) is 2.75. The van der Waals surface area contributed by atoms with E-state index >= 15 is 0 Å². The van der Waals surface area contributed by atoms with Crippen LogP contribution in [0.3, 0.4) is 0 Å². The highest BCUT2D eigenvalue weighted by Crippen LogP contribution is 2.15. The third kappa shape index (κ3) is 3.26. The lowest BCUT2D eigenvalue weighted by Gasteiger charge is -2.34. The van der Waals surface area contributed by atoms with Gasteiger partial charge in [0.2, 0.25) is 0 Å². The molecular formula is C16H14ClF2N3O2. The Kier molecular flexibility index (Phi) is 4.53. The predicted octanol–water partition coefficient (Wildman–Crippen LogP) is 2.54. The van der Waals surface area contributed by atoms with E-state index in [4.69, 9.17) is 11.6 Å². The van der Waals surface area contributed by atoms with E-state index in [2.05, 4.69) is 4.98 Å². The van der Waals surface area contributed by atoms with Gasteiger partial charge in [-0.05, 0) is 24.3 Å². The Labute approximate surface area is 141 Å². The minimum Gasteiger partial charge on any atom is -0.356 e. The van der Waals surface area contributed by atoms with Crippen LogP contribution in [0, 0.1) is 11.6 Å². The lowest BCUT2D eigenvalue weighted by Crippen LogP contribution is -2.50. The Morgan fingerprint density at radius 1 is 0.958 bits per heavy atom. The van der Waals surface area contributed by atoms with E-state index in [1.165, 1.54) is 17.2 Å². The van der Waals surface area contributed by atoms with Gasteiger partial charge in [0, 0.05) is 37.9 Å². The number of H-pyrrole nitrogens is 1. The molecule has 8 heteroatoms. The molecule has 2 aromatic rings. The van der Waals surface area contributed by atoms with Gasteiger partial charge in [0.15, 0.2) is 11.6 Å². The number of rotatable bonds is 2. The number of benzene rings is 1. The van der Waals surface area contributed by atoms with Crippen LogP contribution >= 0.6 is 11.6 Å². The van der Waals surface area contributed by atoms with Crippen molar-refractivity contribution in [3.05, 3.63) is 58.4 Å². The van der Waals surface area contributed by atoms with Gasteiger partial charge in [-0.15, -0.1) is 0 Å². The van der Waals surface area contributed by atoms with E-state index < -0.39 is 11.6 Å². The summed E-state index contributed by atoms with van der Waals surface area (Å²) in [5.74, 6) is -2.63. The molecular weight excluding hydrogens is 340 g/mol. The summed E-state index contributed by atoms with van der Waals surface area (Å²) in [6.45, 7) is 1.34. The first-order valence-corrected chi connectivity index (χ1v) is 7.71. The summed E-state index contributed by atoms with van der Waals surface area (Å²) >= 11 is 5.79. The Bertz CT molecular complexity index is 785. The fraction of sp³-hybridized carbons (Fsp3) is 0.250. The van der Waals surface area contributed by atoms with Crippen LogP contribution in [-0.4, -0.2) is 52.8 Å². The lowest BCUT2D eigenvalue weighted by atomic mass is 10.1. The number of halogens is 3. The molecule has 1 saturated heterocycles.